The lowest BCUT2D eigenvalue weighted by molar-refractivity contribution is -0.124. The zero-order chi connectivity index (χ0) is 10.8. The van der Waals surface area contributed by atoms with E-state index >= 15 is 0 Å². The summed E-state index contributed by atoms with van der Waals surface area (Å²) in [5.74, 6) is 0.823. The van der Waals surface area contributed by atoms with Crippen LogP contribution in [0.4, 0.5) is 0 Å². The number of carbonyl (C=O) groups is 3. The van der Waals surface area contributed by atoms with Crippen LogP contribution in [0, 0.1) is 17.8 Å². The Morgan fingerprint density at radius 1 is 1.27 bits per heavy atom. The van der Waals surface area contributed by atoms with Crippen LogP contribution in [0.25, 0.3) is 0 Å². The van der Waals surface area contributed by atoms with Crippen molar-refractivity contribution in [3.63, 3.8) is 0 Å². The summed E-state index contributed by atoms with van der Waals surface area (Å²) in [6.45, 7) is 0. The van der Waals surface area contributed by atoms with E-state index in [9.17, 15) is 14.4 Å². The second-order valence-corrected chi connectivity index (χ2v) is 4.67. The molecule has 0 spiro atoms. The van der Waals surface area contributed by atoms with Crippen molar-refractivity contribution < 1.29 is 14.4 Å². The van der Waals surface area contributed by atoms with E-state index < -0.39 is 0 Å². The first-order valence-electron chi connectivity index (χ1n) is 5.73. The number of unbranched alkanes of at least 4 members (excludes halogenated alkanes) is 1. The summed E-state index contributed by atoms with van der Waals surface area (Å²) in [6, 6.07) is 0. The molecule has 0 heterocycles. The van der Waals surface area contributed by atoms with Gasteiger partial charge >= 0.3 is 0 Å². The van der Waals surface area contributed by atoms with Gasteiger partial charge in [0, 0.05) is 31.1 Å². The molecule has 0 saturated heterocycles. The molecule has 2 rings (SSSR count). The van der Waals surface area contributed by atoms with Crippen molar-refractivity contribution in [2.24, 2.45) is 17.8 Å². The van der Waals surface area contributed by atoms with Gasteiger partial charge in [0.25, 0.3) is 0 Å². The van der Waals surface area contributed by atoms with Crippen LogP contribution in [0.5, 0.6) is 0 Å². The molecule has 0 aliphatic heterocycles. The number of Topliss-reactive ketones (excluding diaryl/α,β-unsaturated/α-hetero) is 2. The molecule has 0 N–H and O–H groups in total. The van der Waals surface area contributed by atoms with E-state index in [0.29, 0.717) is 19.3 Å². The summed E-state index contributed by atoms with van der Waals surface area (Å²) in [4.78, 5) is 33.4. The predicted octanol–water partition coefficient (Wildman–Crippen LogP) is 1.54. The van der Waals surface area contributed by atoms with Gasteiger partial charge in [0.1, 0.15) is 17.9 Å². The average molecular weight is 208 g/mol. The fourth-order valence-electron chi connectivity index (χ4n) is 3.10. The summed E-state index contributed by atoms with van der Waals surface area (Å²) in [6.07, 6.45) is 5.06. The highest BCUT2D eigenvalue weighted by molar-refractivity contribution is 5.96. The van der Waals surface area contributed by atoms with Crippen molar-refractivity contribution in [2.45, 2.75) is 38.5 Å². The van der Waals surface area contributed by atoms with Crippen LogP contribution >= 0.6 is 0 Å². The van der Waals surface area contributed by atoms with Gasteiger partial charge in [-0.1, -0.05) is 0 Å². The maximum absolute atomic E-state index is 11.6. The van der Waals surface area contributed by atoms with Gasteiger partial charge in [-0.15, -0.1) is 0 Å². The van der Waals surface area contributed by atoms with E-state index in [1.807, 2.05) is 0 Å². The maximum Gasteiger partial charge on any atom is 0.137 e. The van der Waals surface area contributed by atoms with Crippen LogP contribution in [0.2, 0.25) is 0 Å². The molecule has 82 valence electrons. The zero-order valence-electron chi connectivity index (χ0n) is 8.78. The number of carbonyl (C=O) groups excluding carboxylic acids is 3. The van der Waals surface area contributed by atoms with Crippen LogP contribution in [-0.2, 0) is 14.4 Å². The highest BCUT2D eigenvalue weighted by Gasteiger charge is 2.48. The predicted molar refractivity (Wildman–Crippen MR) is 54.3 cm³/mol. The van der Waals surface area contributed by atoms with E-state index in [1.165, 1.54) is 0 Å². The molecular formula is C12H16O3. The van der Waals surface area contributed by atoms with Gasteiger partial charge < -0.3 is 4.79 Å². The van der Waals surface area contributed by atoms with Crippen LogP contribution < -0.4 is 0 Å². The van der Waals surface area contributed by atoms with Gasteiger partial charge in [-0.2, -0.15) is 0 Å². The third kappa shape index (κ3) is 1.87. The Morgan fingerprint density at radius 2 is 2.07 bits per heavy atom. The zero-order valence-corrected chi connectivity index (χ0v) is 8.78. The van der Waals surface area contributed by atoms with E-state index in [1.54, 1.807) is 0 Å². The highest BCUT2D eigenvalue weighted by Crippen LogP contribution is 2.45. The molecule has 15 heavy (non-hydrogen) atoms. The van der Waals surface area contributed by atoms with Crippen LogP contribution in [0.3, 0.4) is 0 Å². The van der Waals surface area contributed by atoms with Crippen molar-refractivity contribution in [3.05, 3.63) is 0 Å². The first kappa shape index (κ1) is 10.5. The topological polar surface area (TPSA) is 51.2 Å². The summed E-state index contributed by atoms with van der Waals surface area (Å²) in [5.41, 5.74) is 0. The van der Waals surface area contributed by atoms with Crippen LogP contribution in [0.15, 0.2) is 0 Å². The van der Waals surface area contributed by atoms with E-state index in [2.05, 4.69) is 0 Å². The van der Waals surface area contributed by atoms with E-state index in [0.717, 1.165) is 25.5 Å². The van der Waals surface area contributed by atoms with Crippen molar-refractivity contribution in [3.8, 4) is 0 Å². The highest BCUT2D eigenvalue weighted by atomic mass is 16.1. The summed E-state index contributed by atoms with van der Waals surface area (Å²) in [5, 5.41) is 0. The Kier molecular flexibility index (Phi) is 2.98. The molecule has 0 aromatic rings. The summed E-state index contributed by atoms with van der Waals surface area (Å²) in [7, 11) is 0. The summed E-state index contributed by atoms with van der Waals surface area (Å²) >= 11 is 0. The molecule has 0 aromatic heterocycles. The molecule has 3 nitrogen and oxygen atoms in total. The quantitative estimate of drug-likeness (QED) is 0.520. The largest absolute Gasteiger partial charge is 0.303 e. The normalized spacial score (nSPS) is 34.5. The van der Waals surface area contributed by atoms with Crippen LogP contribution in [0.1, 0.15) is 38.5 Å². The first-order valence-corrected chi connectivity index (χ1v) is 5.73. The van der Waals surface area contributed by atoms with E-state index in [-0.39, 0.29) is 29.3 Å². The van der Waals surface area contributed by atoms with Gasteiger partial charge in [-0.3, -0.25) is 9.59 Å². The SMILES string of the molecule is O=CCCCC1CC(=O)C2CCC(=O)C12. The molecule has 2 aliphatic carbocycles. The van der Waals surface area contributed by atoms with Gasteiger partial charge in [0.15, 0.2) is 0 Å². The molecule has 0 radical (unpaired) electrons. The second kappa shape index (κ2) is 4.25. The van der Waals surface area contributed by atoms with Gasteiger partial charge in [-0.25, -0.2) is 0 Å². The molecule has 0 bridgehead atoms. The van der Waals surface area contributed by atoms with Gasteiger partial charge in [0.2, 0.25) is 0 Å². The smallest absolute Gasteiger partial charge is 0.137 e. The fourth-order valence-corrected chi connectivity index (χ4v) is 3.10. The van der Waals surface area contributed by atoms with Crippen LogP contribution in [-0.4, -0.2) is 17.9 Å². The van der Waals surface area contributed by atoms with E-state index in [4.69, 9.17) is 0 Å². The second-order valence-electron chi connectivity index (χ2n) is 4.67. The number of ketones is 2. The van der Waals surface area contributed by atoms with Crippen molar-refractivity contribution in [2.75, 3.05) is 0 Å². The molecule has 2 saturated carbocycles. The average Bonchev–Trinajstić information content (AvgIpc) is 2.72. The minimum atomic E-state index is 0.00384. The Balaban J connectivity index is 1.97. The number of hydrogen-bond donors (Lipinski definition) is 0. The van der Waals surface area contributed by atoms with Crippen molar-refractivity contribution in [1.82, 2.24) is 0 Å². The maximum atomic E-state index is 11.6. The molecule has 0 amide bonds. The summed E-state index contributed by atoms with van der Waals surface area (Å²) < 4.78 is 0. The third-order valence-electron chi connectivity index (χ3n) is 3.79. The number of fused-ring (bicyclic) bond motifs is 1. The standard InChI is InChI=1S/C12H16O3/c13-6-2-1-3-8-7-11(15)9-4-5-10(14)12(8)9/h6,8-9,12H,1-5,7H2. The Bertz CT molecular complexity index is 293. The first-order chi connectivity index (χ1) is 7.24. The Hall–Kier alpha value is -0.990. The number of aldehydes is 1. The molecule has 3 heteroatoms. The monoisotopic (exact) mass is 208 g/mol. The Morgan fingerprint density at radius 3 is 2.80 bits per heavy atom. The minimum absolute atomic E-state index is 0.00384. The molecule has 3 unspecified atom stereocenters. The minimum Gasteiger partial charge on any atom is -0.303 e. The lowest BCUT2D eigenvalue weighted by Gasteiger charge is -2.15. The van der Waals surface area contributed by atoms with Crippen molar-refractivity contribution >= 4 is 17.9 Å². The lowest BCUT2D eigenvalue weighted by atomic mass is 9.87. The number of hydrogen-bond acceptors (Lipinski definition) is 3. The third-order valence-corrected chi connectivity index (χ3v) is 3.79. The molecular weight excluding hydrogens is 192 g/mol. The fraction of sp³-hybridized carbons (Fsp3) is 0.750. The molecule has 2 aliphatic rings. The van der Waals surface area contributed by atoms with Crippen molar-refractivity contribution in [1.29, 1.82) is 0 Å². The molecule has 3 atom stereocenters. The molecule has 2 fully saturated rings. The van der Waals surface area contributed by atoms with Gasteiger partial charge in [-0.05, 0) is 25.2 Å². The lowest BCUT2D eigenvalue weighted by Crippen LogP contribution is -2.18. The molecule has 0 aromatic carbocycles. The number of rotatable bonds is 4. The Labute approximate surface area is 89.2 Å². The van der Waals surface area contributed by atoms with Gasteiger partial charge in [0.05, 0.1) is 0 Å².